The second-order valence-corrected chi connectivity index (χ2v) is 6.98. The maximum atomic E-state index is 13.4. The number of oxazole rings is 1. The van der Waals surface area contributed by atoms with Gasteiger partial charge < -0.3 is 20.4 Å². The number of nitrogens with one attached hydrogen (secondary N) is 4. The van der Waals surface area contributed by atoms with Crippen molar-refractivity contribution in [2.24, 2.45) is 0 Å². The highest BCUT2D eigenvalue weighted by Gasteiger charge is 2.18. The molecule has 2 aromatic heterocycles. The molecule has 10 nitrogen and oxygen atoms in total. The van der Waals surface area contributed by atoms with Crippen LogP contribution in [-0.2, 0) is 17.9 Å². The first kappa shape index (κ1) is 28.8. The fourth-order valence-corrected chi connectivity index (χ4v) is 2.80. The Hall–Kier alpha value is -3.22. The summed E-state index contributed by atoms with van der Waals surface area (Å²) < 4.78 is 32.0. The molecule has 0 atom stereocenters. The van der Waals surface area contributed by atoms with E-state index in [0.29, 0.717) is 29.5 Å². The van der Waals surface area contributed by atoms with Crippen LogP contribution in [0.15, 0.2) is 22.6 Å². The SMILES string of the molecule is CC(=O)NCc1nc(C)c(CNC(=O)c2cc(NC(=O)c3cc(F)c(F)cc3Cl)n[nH]2)o1.Cl.Cl. The Morgan fingerprint density at radius 2 is 1.74 bits per heavy atom. The standard InChI is InChI=1S/C19H17ClF2N6O4.2ClH/c1-8-15(32-17(25-8)7-23-9(2)29)6-24-19(31)14-5-16(28-27-14)26-18(30)10-3-12(21)13(22)4-11(10)20;;/h3-5H,6-7H2,1-2H3,(H,23,29)(H,24,31)(H2,26,27,28,30);2*1H. The summed E-state index contributed by atoms with van der Waals surface area (Å²) in [7, 11) is 0. The van der Waals surface area contributed by atoms with E-state index in [1.807, 2.05) is 0 Å². The molecule has 0 fully saturated rings. The van der Waals surface area contributed by atoms with E-state index in [9.17, 15) is 23.2 Å². The Kier molecular flexibility index (Phi) is 10.4. The van der Waals surface area contributed by atoms with Gasteiger partial charge in [0.05, 0.1) is 29.4 Å². The van der Waals surface area contributed by atoms with Gasteiger partial charge in [-0.2, -0.15) is 5.10 Å². The van der Waals surface area contributed by atoms with Crippen LogP contribution in [0.4, 0.5) is 14.6 Å². The van der Waals surface area contributed by atoms with Crippen molar-refractivity contribution in [2.75, 3.05) is 5.32 Å². The van der Waals surface area contributed by atoms with E-state index in [-0.39, 0.29) is 65.9 Å². The molecule has 0 unspecified atom stereocenters. The van der Waals surface area contributed by atoms with Crippen molar-refractivity contribution in [3.63, 3.8) is 0 Å². The van der Waals surface area contributed by atoms with Gasteiger partial charge in [0, 0.05) is 13.0 Å². The van der Waals surface area contributed by atoms with Crippen LogP contribution in [0.3, 0.4) is 0 Å². The second kappa shape index (κ2) is 12.3. The summed E-state index contributed by atoms with van der Waals surface area (Å²) in [5.41, 5.74) is 0.273. The average Bonchev–Trinajstić information content (AvgIpc) is 3.33. The largest absolute Gasteiger partial charge is 0.442 e. The topological polar surface area (TPSA) is 142 Å². The zero-order chi connectivity index (χ0) is 23.4. The number of halogens is 5. The zero-order valence-corrected chi connectivity index (χ0v) is 20.0. The highest BCUT2D eigenvalue weighted by Crippen LogP contribution is 2.21. The van der Waals surface area contributed by atoms with Crippen LogP contribution in [0.25, 0.3) is 0 Å². The number of benzene rings is 1. The minimum absolute atomic E-state index is 0. The molecule has 0 aliphatic rings. The maximum absolute atomic E-state index is 13.4. The Morgan fingerprint density at radius 1 is 1.06 bits per heavy atom. The summed E-state index contributed by atoms with van der Waals surface area (Å²) in [5, 5.41) is 13.4. The van der Waals surface area contributed by atoms with Crippen molar-refractivity contribution in [2.45, 2.75) is 26.9 Å². The van der Waals surface area contributed by atoms with Gasteiger partial charge in [-0.1, -0.05) is 11.6 Å². The van der Waals surface area contributed by atoms with E-state index >= 15 is 0 Å². The highest BCUT2D eigenvalue weighted by molar-refractivity contribution is 6.34. The molecule has 3 amide bonds. The average molecular weight is 540 g/mol. The molecule has 1 aromatic carbocycles. The van der Waals surface area contributed by atoms with Crippen molar-refractivity contribution in [3.05, 3.63) is 63.5 Å². The fraction of sp³-hybridized carbons (Fsp3) is 0.211. The van der Waals surface area contributed by atoms with Gasteiger partial charge in [0.25, 0.3) is 11.8 Å². The van der Waals surface area contributed by atoms with E-state index < -0.39 is 23.4 Å². The second-order valence-electron chi connectivity index (χ2n) is 6.58. The molecule has 184 valence electrons. The van der Waals surface area contributed by atoms with E-state index in [0.717, 1.165) is 0 Å². The minimum Gasteiger partial charge on any atom is -0.442 e. The molecule has 15 heteroatoms. The fourth-order valence-electron chi connectivity index (χ4n) is 2.57. The first-order valence-electron chi connectivity index (χ1n) is 9.13. The number of aromatic amines is 1. The van der Waals surface area contributed by atoms with Crippen LogP contribution in [0.2, 0.25) is 5.02 Å². The number of carbonyl (C=O) groups is 3. The lowest BCUT2D eigenvalue weighted by molar-refractivity contribution is -0.119. The molecule has 3 rings (SSSR count). The lowest BCUT2D eigenvalue weighted by Crippen LogP contribution is -2.23. The first-order valence-corrected chi connectivity index (χ1v) is 9.51. The predicted molar refractivity (Wildman–Crippen MR) is 122 cm³/mol. The Labute approximate surface area is 209 Å². The number of anilines is 1. The van der Waals surface area contributed by atoms with Gasteiger partial charge in [-0.15, -0.1) is 24.8 Å². The first-order chi connectivity index (χ1) is 15.1. The summed E-state index contributed by atoms with van der Waals surface area (Å²) in [6, 6.07) is 2.59. The number of hydrogen-bond donors (Lipinski definition) is 4. The van der Waals surface area contributed by atoms with Gasteiger partial charge in [-0.05, 0) is 19.1 Å². The van der Waals surface area contributed by atoms with Crippen LogP contribution in [0.5, 0.6) is 0 Å². The van der Waals surface area contributed by atoms with E-state index in [1.54, 1.807) is 6.92 Å². The molecule has 0 spiro atoms. The third-order valence-corrected chi connectivity index (χ3v) is 4.47. The third kappa shape index (κ3) is 7.14. The van der Waals surface area contributed by atoms with Gasteiger partial charge in [-0.3, -0.25) is 19.5 Å². The quantitative estimate of drug-likeness (QED) is 0.339. The van der Waals surface area contributed by atoms with Crippen molar-refractivity contribution in [1.82, 2.24) is 25.8 Å². The number of carbonyl (C=O) groups excluding carboxylic acids is 3. The minimum atomic E-state index is -1.23. The van der Waals surface area contributed by atoms with Crippen LogP contribution < -0.4 is 16.0 Å². The third-order valence-electron chi connectivity index (χ3n) is 4.15. The molecule has 0 aliphatic heterocycles. The van der Waals surface area contributed by atoms with Crippen molar-refractivity contribution >= 4 is 60.0 Å². The summed E-state index contributed by atoms with van der Waals surface area (Å²) in [4.78, 5) is 39.7. The van der Waals surface area contributed by atoms with Gasteiger partial charge in [0.2, 0.25) is 11.8 Å². The molecular weight excluding hydrogens is 521 g/mol. The summed E-state index contributed by atoms with van der Waals surface area (Å²) in [6.45, 7) is 3.19. The molecule has 3 aromatic rings. The van der Waals surface area contributed by atoms with Crippen LogP contribution in [0.1, 0.15) is 45.1 Å². The highest BCUT2D eigenvalue weighted by atomic mass is 35.5. The van der Waals surface area contributed by atoms with E-state index in [4.69, 9.17) is 16.0 Å². The monoisotopic (exact) mass is 538 g/mol. The molecule has 0 bridgehead atoms. The molecule has 0 saturated heterocycles. The molecule has 0 radical (unpaired) electrons. The molecule has 0 saturated carbocycles. The molecule has 34 heavy (non-hydrogen) atoms. The number of aryl methyl sites for hydroxylation is 1. The lowest BCUT2D eigenvalue weighted by atomic mass is 10.2. The smallest absolute Gasteiger partial charge is 0.269 e. The summed E-state index contributed by atoms with van der Waals surface area (Å²) in [5.74, 6) is -3.37. The van der Waals surface area contributed by atoms with Crippen molar-refractivity contribution < 1.29 is 27.6 Å². The number of rotatable bonds is 7. The van der Waals surface area contributed by atoms with E-state index in [2.05, 4.69) is 31.1 Å². The van der Waals surface area contributed by atoms with Crippen molar-refractivity contribution in [3.8, 4) is 0 Å². The van der Waals surface area contributed by atoms with Crippen molar-refractivity contribution in [1.29, 1.82) is 0 Å². The number of aromatic nitrogens is 3. The van der Waals surface area contributed by atoms with E-state index in [1.165, 1.54) is 13.0 Å². The summed E-state index contributed by atoms with van der Waals surface area (Å²) in [6.07, 6.45) is 0. The Balaban J connectivity index is 0.00000289. The number of H-pyrrole nitrogens is 1. The van der Waals surface area contributed by atoms with Gasteiger partial charge in [0.15, 0.2) is 17.5 Å². The predicted octanol–water partition coefficient (Wildman–Crippen LogP) is 3.30. The van der Waals surface area contributed by atoms with Gasteiger partial charge in [-0.25, -0.2) is 13.8 Å². The van der Waals surface area contributed by atoms with Gasteiger partial charge in [0.1, 0.15) is 11.5 Å². The maximum Gasteiger partial charge on any atom is 0.269 e. The lowest BCUT2D eigenvalue weighted by Gasteiger charge is -2.05. The number of hydrogen-bond acceptors (Lipinski definition) is 6. The number of nitrogens with zero attached hydrogens (tertiary/aromatic N) is 2. The normalized spacial score (nSPS) is 10.0. The van der Waals surface area contributed by atoms with Gasteiger partial charge >= 0.3 is 0 Å². The Bertz CT molecular complexity index is 1200. The van der Waals surface area contributed by atoms with Crippen LogP contribution in [0, 0.1) is 18.6 Å². The van der Waals surface area contributed by atoms with Crippen LogP contribution in [-0.4, -0.2) is 32.9 Å². The molecule has 0 aliphatic carbocycles. The molecule has 4 N–H and O–H groups in total. The zero-order valence-electron chi connectivity index (χ0n) is 17.6. The van der Waals surface area contributed by atoms with Crippen LogP contribution >= 0.6 is 36.4 Å². The Morgan fingerprint density at radius 3 is 2.41 bits per heavy atom. The summed E-state index contributed by atoms with van der Waals surface area (Å²) >= 11 is 5.77. The molecule has 2 heterocycles. The molecular formula is C19H19Cl3F2N6O4. The number of amides is 3.